The van der Waals surface area contributed by atoms with E-state index in [0.29, 0.717) is 22.5 Å². The Morgan fingerprint density at radius 2 is 2.11 bits per heavy atom. The van der Waals surface area contributed by atoms with Crippen LogP contribution in [0.25, 0.3) is 0 Å². The maximum atomic E-state index is 11.5. The van der Waals surface area contributed by atoms with Gasteiger partial charge in [0.15, 0.2) is 11.5 Å². The van der Waals surface area contributed by atoms with Gasteiger partial charge in [-0.25, -0.2) is 5.26 Å². The summed E-state index contributed by atoms with van der Waals surface area (Å²) >= 11 is 3.65. The molecule has 0 atom stereocenters. The fourth-order valence-corrected chi connectivity index (χ4v) is 3.45. The van der Waals surface area contributed by atoms with Gasteiger partial charge in [0.1, 0.15) is 0 Å². The highest BCUT2D eigenvalue weighted by Crippen LogP contribution is 2.35. The molecule has 0 spiro atoms. The summed E-state index contributed by atoms with van der Waals surface area (Å²) in [7, 11) is -3.76. The molecule has 0 aliphatic rings. The van der Waals surface area contributed by atoms with E-state index >= 15 is 0 Å². The van der Waals surface area contributed by atoms with Crippen molar-refractivity contribution < 1.29 is 32.3 Å². The van der Waals surface area contributed by atoms with Gasteiger partial charge in [0, 0.05) is 16.3 Å². The number of alkyl halides is 1. The second-order valence-electron chi connectivity index (χ2n) is 3.35. The first-order valence-electron chi connectivity index (χ1n) is 4.86. The summed E-state index contributed by atoms with van der Waals surface area (Å²) in [5.41, 5.74) is 0.573. The number of hydrogen-bond acceptors (Lipinski definition) is 8. The first-order chi connectivity index (χ1) is 8.89. The molecular formula is C9H11BrO7S2. The van der Waals surface area contributed by atoms with Crippen LogP contribution < -0.4 is 4.18 Å². The standard InChI is InChI=1S/C9H11BrO7S2/c1-6-4-8(15-19(13,14)3-2-10)7(11)5-9(6)18-17-16-12/h4-5,11-12H,2-3H2,1H3. The second kappa shape index (κ2) is 7.31. The van der Waals surface area contributed by atoms with Crippen molar-refractivity contribution >= 4 is 38.1 Å². The zero-order valence-electron chi connectivity index (χ0n) is 9.70. The molecule has 0 saturated heterocycles. The Bertz CT molecular complexity index is 532. The molecule has 7 nitrogen and oxygen atoms in total. The van der Waals surface area contributed by atoms with Gasteiger partial charge in [-0.05, 0) is 18.6 Å². The molecule has 108 valence electrons. The summed E-state index contributed by atoms with van der Waals surface area (Å²) in [5.74, 6) is -0.760. The van der Waals surface area contributed by atoms with E-state index in [1.165, 1.54) is 12.1 Å². The van der Waals surface area contributed by atoms with Crippen molar-refractivity contribution in [2.75, 3.05) is 11.1 Å². The summed E-state index contributed by atoms with van der Waals surface area (Å²) in [6, 6.07) is 2.57. The molecule has 1 aromatic carbocycles. The average Bonchev–Trinajstić information content (AvgIpc) is 2.31. The Balaban J connectivity index is 2.96. The number of aromatic hydroxyl groups is 1. The van der Waals surface area contributed by atoms with Crippen LogP contribution in [0.1, 0.15) is 5.56 Å². The largest absolute Gasteiger partial charge is 0.504 e. The van der Waals surface area contributed by atoms with Crippen LogP contribution in [0.15, 0.2) is 17.0 Å². The number of phenols is 1. The Labute approximate surface area is 122 Å². The minimum Gasteiger partial charge on any atom is -0.504 e. The van der Waals surface area contributed by atoms with Crippen molar-refractivity contribution in [2.24, 2.45) is 0 Å². The molecule has 0 unspecified atom stereocenters. The Kier molecular flexibility index (Phi) is 6.36. The predicted molar refractivity (Wildman–Crippen MR) is 71.7 cm³/mol. The Morgan fingerprint density at radius 3 is 2.68 bits per heavy atom. The Hall–Kier alpha value is -0.520. The first-order valence-corrected chi connectivity index (χ1v) is 8.30. The van der Waals surface area contributed by atoms with Crippen LogP contribution in [0.3, 0.4) is 0 Å². The molecule has 0 aliphatic carbocycles. The number of rotatable bonds is 7. The SMILES string of the molecule is Cc1cc(OS(=O)(=O)CCBr)c(O)cc1SOOO. The van der Waals surface area contributed by atoms with Crippen LogP contribution in [0.4, 0.5) is 0 Å². The molecule has 0 fully saturated rings. The molecule has 0 aliphatic heterocycles. The van der Waals surface area contributed by atoms with Crippen molar-refractivity contribution in [3.63, 3.8) is 0 Å². The number of hydrogen-bond donors (Lipinski definition) is 2. The van der Waals surface area contributed by atoms with Gasteiger partial charge in [-0.2, -0.15) is 8.42 Å². The molecule has 1 rings (SSSR count). The van der Waals surface area contributed by atoms with Gasteiger partial charge >= 0.3 is 10.1 Å². The molecule has 0 aromatic heterocycles. The average molecular weight is 375 g/mol. The van der Waals surface area contributed by atoms with E-state index in [2.05, 4.69) is 25.3 Å². The monoisotopic (exact) mass is 374 g/mol. The molecule has 0 bridgehead atoms. The summed E-state index contributed by atoms with van der Waals surface area (Å²) in [5, 5.41) is 21.4. The smallest absolute Gasteiger partial charge is 0.310 e. The van der Waals surface area contributed by atoms with Crippen LogP contribution in [0.5, 0.6) is 11.5 Å². The van der Waals surface area contributed by atoms with E-state index in [1.807, 2.05) is 0 Å². The van der Waals surface area contributed by atoms with Gasteiger partial charge in [0.2, 0.25) is 0 Å². The topological polar surface area (TPSA) is 102 Å². The van der Waals surface area contributed by atoms with Gasteiger partial charge in [0.05, 0.1) is 17.8 Å². The van der Waals surface area contributed by atoms with Gasteiger partial charge in [-0.1, -0.05) is 21.0 Å². The summed E-state index contributed by atoms with van der Waals surface area (Å²) in [6.45, 7) is 1.65. The minimum absolute atomic E-state index is 0.173. The van der Waals surface area contributed by atoms with Crippen molar-refractivity contribution in [2.45, 2.75) is 11.8 Å². The molecule has 0 radical (unpaired) electrons. The lowest BCUT2D eigenvalue weighted by atomic mass is 10.2. The highest BCUT2D eigenvalue weighted by molar-refractivity contribution is 9.09. The highest BCUT2D eigenvalue weighted by Gasteiger charge is 2.17. The van der Waals surface area contributed by atoms with E-state index in [4.69, 9.17) is 9.44 Å². The summed E-state index contributed by atoms with van der Waals surface area (Å²) < 4.78 is 32.0. The summed E-state index contributed by atoms with van der Waals surface area (Å²) in [6.07, 6.45) is 0. The minimum atomic E-state index is -3.76. The number of halogens is 1. The lowest BCUT2D eigenvalue weighted by Gasteiger charge is -2.10. The third kappa shape index (κ3) is 5.16. The lowest BCUT2D eigenvalue weighted by Crippen LogP contribution is -2.14. The van der Waals surface area contributed by atoms with E-state index in [0.717, 1.165) is 0 Å². The van der Waals surface area contributed by atoms with E-state index in [-0.39, 0.29) is 22.6 Å². The van der Waals surface area contributed by atoms with Gasteiger partial charge < -0.3 is 9.29 Å². The fraction of sp³-hybridized carbons (Fsp3) is 0.333. The maximum Gasteiger partial charge on any atom is 0.310 e. The van der Waals surface area contributed by atoms with E-state index in [9.17, 15) is 13.5 Å². The third-order valence-electron chi connectivity index (χ3n) is 1.95. The normalized spacial score (nSPS) is 11.5. The Morgan fingerprint density at radius 1 is 1.42 bits per heavy atom. The summed E-state index contributed by atoms with van der Waals surface area (Å²) in [4.78, 5) is 0.428. The second-order valence-corrected chi connectivity index (χ2v) is 6.57. The number of aryl methyl sites for hydroxylation is 1. The highest BCUT2D eigenvalue weighted by atomic mass is 79.9. The maximum absolute atomic E-state index is 11.5. The van der Waals surface area contributed by atoms with E-state index < -0.39 is 10.1 Å². The molecule has 0 heterocycles. The number of benzene rings is 1. The van der Waals surface area contributed by atoms with Crippen molar-refractivity contribution in [1.82, 2.24) is 0 Å². The number of phenolic OH excluding ortho intramolecular Hbond substituents is 1. The van der Waals surface area contributed by atoms with Crippen LogP contribution in [0.2, 0.25) is 0 Å². The quantitative estimate of drug-likeness (QED) is 0.246. The van der Waals surface area contributed by atoms with Crippen LogP contribution in [-0.2, 0) is 19.5 Å². The zero-order valence-corrected chi connectivity index (χ0v) is 12.9. The lowest BCUT2D eigenvalue weighted by molar-refractivity contribution is -0.432. The fourth-order valence-electron chi connectivity index (χ4n) is 1.13. The molecular weight excluding hydrogens is 364 g/mol. The molecule has 0 saturated carbocycles. The van der Waals surface area contributed by atoms with Crippen molar-refractivity contribution in [1.29, 1.82) is 0 Å². The van der Waals surface area contributed by atoms with E-state index in [1.54, 1.807) is 6.92 Å². The third-order valence-corrected chi connectivity index (χ3v) is 4.76. The van der Waals surface area contributed by atoms with Crippen molar-refractivity contribution in [3.05, 3.63) is 17.7 Å². The van der Waals surface area contributed by atoms with Crippen LogP contribution >= 0.6 is 28.0 Å². The van der Waals surface area contributed by atoms with Gasteiger partial charge in [0.25, 0.3) is 0 Å². The van der Waals surface area contributed by atoms with Crippen LogP contribution in [0, 0.1) is 6.92 Å². The molecule has 19 heavy (non-hydrogen) atoms. The first kappa shape index (κ1) is 16.5. The molecule has 1 aromatic rings. The van der Waals surface area contributed by atoms with Gasteiger partial charge in [-0.3, -0.25) is 0 Å². The predicted octanol–water partition coefficient (Wildman–Crippen LogP) is 2.23. The molecule has 10 heteroatoms. The van der Waals surface area contributed by atoms with Crippen molar-refractivity contribution in [3.8, 4) is 11.5 Å². The van der Waals surface area contributed by atoms with Gasteiger partial charge in [-0.15, -0.1) is 4.33 Å². The molecule has 2 N–H and O–H groups in total. The zero-order chi connectivity index (χ0) is 14.5. The van der Waals surface area contributed by atoms with Crippen LogP contribution in [-0.4, -0.2) is 29.9 Å². The molecule has 0 amide bonds.